The average molecular weight is 692 g/mol. The van der Waals surface area contributed by atoms with Crippen molar-refractivity contribution in [3.8, 4) is 17.2 Å². The van der Waals surface area contributed by atoms with E-state index in [0.29, 0.717) is 63.1 Å². The van der Waals surface area contributed by atoms with Crippen LogP contribution in [0.15, 0.2) is 92.3 Å². The molecule has 1 aliphatic rings. The van der Waals surface area contributed by atoms with E-state index in [1.807, 2.05) is 86.7 Å². The maximum Gasteiger partial charge on any atom is 0.338 e. The number of hydrogen-bond donors (Lipinski definition) is 0. The number of hydrogen-bond acceptors (Lipinski definition) is 8. The van der Waals surface area contributed by atoms with Gasteiger partial charge in [-0.15, -0.1) is 0 Å². The molecular formula is C35H35BrN2O6S. The highest BCUT2D eigenvalue weighted by Gasteiger charge is 2.36. The average Bonchev–Trinajstić information content (AvgIpc) is 3.34. The minimum atomic E-state index is -0.788. The molecule has 0 fully saturated rings. The smallest absolute Gasteiger partial charge is 0.338 e. The fourth-order valence-electron chi connectivity index (χ4n) is 5.22. The third-order valence-corrected chi connectivity index (χ3v) is 8.66. The number of ether oxygens (including phenoxy) is 4. The first-order valence-corrected chi connectivity index (χ1v) is 16.5. The van der Waals surface area contributed by atoms with Gasteiger partial charge in [0.2, 0.25) is 0 Å². The van der Waals surface area contributed by atoms with E-state index in [2.05, 4.69) is 15.9 Å². The third-order valence-electron chi connectivity index (χ3n) is 7.18. The Bertz CT molecular complexity index is 1900. The normalized spacial score (nSPS) is 14.5. The van der Waals surface area contributed by atoms with Gasteiger partial charge < -0.3 is 18.9 Å². The van der Waals surface area contributed by atoms with Crippen molar-refractivity contribution in [3.63, 3.8) is 0 Å². The van der Waals surface area contributed by atoms with Crippen LogP contribution >= 0.6 is 27.3 Å². The number of methoxy groups -OCH3 is 1. The lowest BCUT2D eigenvalue weighted by atomic mass is 9.93. The number of carbonyl (C=O) groups is 1. The summed E-state index contributed by atoms with van der Waals surface area (Å²) in [4.78, 5) is 33.1. The van der Waals surface area contributed by atoms with Crippen molar-refractivity contribution in [3.05, 3.63) is 119 Å². The van der Waals surface area contributed by atoms with Crippen molar-refractivity contribution in [1.29, 1.82) is 0 Å². The number of thiazole rings is 1. The quantitative estimate of drug-likeness (QED) is 0.162. The first-order chi connectivity index (χ1) is 21.9. The van der Waals surface area contributed by atoms with Crippen molar-refractivity contribution >= 4 is 39.3 Å². The van der Waals surface area contributed by atoms with E-state index in [1.165, 1.54) is 11.3 Å². The van der Waals surface area contributed by atoms with Crippen molar-refractivity contribution < 1.29 is 23.7 Å². The molecule has 0 saturated heterocycles. The summed E-state index contributed by atoms with van der Waals surface area (Å²) < 4.78 is 26.0. The molecule has 0 amide bonds. The molecule has 0 bridgehead atoms. The van der Waals surface area contributed by atoms with Crippen molar-refractivity contribution in [2.75, 3.05) is 20.3 Å². The number of rotatable bonds is 12. The molecule has 2 heterocycles. The van der Waals surface area contributed by atoms with Gasteiger partial charge in [-0.25, -0.2) is 9.79 Å². The zero-order valence-electron chi connectivity index (χ0n) is 25.7. The number of halogens is 1. The van der Waals surface area contributed by atoms with Crippen LogP contribution in [0.2, 0.25) is 0 Å². The lowest BCUT2D eigenvalue weighted by molar-refractivity contribution is -0.139. The van der Waals surface area contributed by atoms with Crippen LogP contribution in [0.5, 0.6) is 17.2 Å². The first-order valence-electron chi connectivity index (χ1n) is 14.9. The van der Waals surface area contributed by atoms with Crippen LogP contribution in [0.1, 0.15) is 56.3 Å². The molecule has 1 aromatic heterocycles. The molecule has 0 spiro atoms. The topological polar surface area (TPSA) is 88.4 Å². The van der Waals surface area contributed by atoms with Crippen molar-refractivity contribution in [2.24, 2.45) is 4.99 Å². The summed E-state index contributed by atoms with van der Waals surface area (Å²) in [7, 11) is 1.57. The fourth-order valence-corrected chi connectivity index (χ4v) is 6.62. The second-order valence-corrected chi connectivity index (χ2v) is 12.1. The van der Waals surface area contributed by atoms with E-state index in [0.717, 1.165) is 22.0 Å². The van der Waals surface area contributed by atoms with Gasteiger partial charge in [-0.1, -0.05) is 77.0 Å². The Labute approximate surface area is 274 Å². The molecule has 3 aromatic carbocycles. The summed E-state index contributed by atoms with van der Waals surface area (Å²) in [5.41, 5.74) is 3.15. The Balaban J connectivity index is 1.64. The second kappa shape index (κ2) is 14.8. The summed E-state index contributed by atoms with van der Waals surface area (Å²) in [6.07, 6.45) is 3.13. The molecule has 234 valence electrons. The number of fused-ring (bicyclic) bond motifs is 1. The van der Waals surface area contributed by atoms with Gasteiger partial charge in [0.15, 0.2) is 16.3 Å². The van der Waals surface area contributed by atoms with E-state index in [1.54, 1.807) is 18.6 Å². The molecule has 4 aromatic rings. The Morgan fingerprint density at radius 2 is 1.76 bits per heavy atom. The molecule has 45 heavy (non-hydrogen) atoms. The van der Waals surface area contributed by atoms with Gasteiger partial charge >= 0.3 is 5.97 Å². The number of carbonyl (C=O) groups excluding carboxylic acids is 1. The lowest BCUT2D eigenvalue weighted by Gasteiger charge is -2.27. The van der Waals surface area contributed by atoms with Crippen molar-refractivity contribution in [1.82, 2.24) is 4.57 Å². The molecule has 0 unspecified atom stereocenters. The Morgan fingerprint density at radius 3 is 2.47 bits per heavy atom. The molecule has 0 radical (unpaired) electrons. The van der Waals surface area contributed by atoms with Gasteiger partial charge in [0.1, 0.15) is 18.4 Å². The standard InChI is InChI=1S/C35H35BrN2O6S/c1-5-11-26-31(34(40)43-7-3)32(25-20-24(36)15-17-27(25)41-4)38-33(39)30(45-35(38)37-26)19-23-14-16-28(29(18-23)42-6-2)44-21-22-12-9-8-10-13-22/h8-10,12-20,32H,5-7,11,21H2,1-4H3/b30-19+/t32-/m0/s1. The van der Waals surface area contributed by atoms with Gasteiger partial charge in [-0.3, -0.25) is 9.36 Å². The molecule has 10 heteroatoms. The summed E-state index contributed by atoms with van der Waals surface area (Å²) in [5, 5.41) is 0. The van der Waals surface area contributed by atoms with E-state index >= 15 is 0 Å². The summed E-state index contributed by atoms with van der Waals surface area (Å²) in [6, 6.07) is 20.3. The minimum absolute atomic E-state index is 0.196. The van der Waals surface area contributed by atoms with Crippen LogP contribution in [-0.4, -0.2) is 30.9 Å². The Kier molecular flexibility index (Phi) is 10.6. The third kappa shape index (κ3) is 7.07. The number of esters is 1. The number of benzene rings is 3. The highest BCUT2D eigenvalue weighted by molar-refractivity contribution is 9.10. The molecule has 0 aliphatic carbocycles. The fraction of sp³-hybridized carbons (Fsp3) is 0.286. The van der Waals surface area contributed by atoms with Crippen LogP contribution in [0.25, 0.3) is 6.08 Å². The van der Waals surface area contributed by atoms with Gasteiger partial charge in [0.05, 0.1) is 36.1 Å². The van der Waals surface area contributed by atoms with Gasteiger partial charge in [0, 0.05) is 10.0 Å². The Morgan fingerprint density at radius 1 is 0.978 bits per heavy atom. The number of aromatic nitrogens is 1. The molecule has 5 rings (SSSR count). The molecular weight excluding hydrogens is 656 g/mol. The monoisotopic (exact) mass is 690 g/mol. The zero-order chi connectivity index (χ0) is 31.9. The zero-order valence-corrected chi connectivity index (χ0v) is 28.1. The van der Waals surface area contributed by atoms with E-state index < -0.39 is 12.0 Å². The summed E-state index contributed by atoms with van der Waals surface area (Å²) in [6.45, 7) is 6.76. The minimum Gasteiger partial charge on any atom is -0.496 e. The van der Waals surface area contributed by atoms with Gasteiger partial charge in [0.25, 0.3) is 5.56 Å². The van der Waals surface area contributed by atoms with Gasteiger partial charge in [-0.05, 0) is 67.8 Å². The lowest BCUT2D eigenvalue weighted by Crippen LogP contribution is -2.40. The van der Waals surface area contributed by atoms with Crippen LogP contribution in [-0.2, 0) is 16.1 Å². The van der Waals surface area contributed by atoms with Crippen molar-refractivity contribution in [2.45, 2.75) is 46.3 Å². The Hall–Kier alpha value is -4.15. The number of allylic oxidation sites excluding steroid dienone is 1. The van der Waals surface area contributed by atoms with Crippen LogP contribution in [0.3, 0.4) is 0 Å². The van der Waals surface area contributed by atoms with Crippen LogP contribution in [0, 0.1) is 0 Å². The highest BCUT2D eigenvalue weighted by atomic mass is 79.9. The maximum atomic E-state index is 14.2. The van der Waals surface area contributed by atoms with Crippen LogP contribution < -0.4 is 29.1 Å². The van der Waals surface area contributed by atoms with E-state index in [4.69, 9.17) is 23.9 Å². The van der Waals surface area contributed by atoms with Crippen LogP contribution in [0.4, 0.5) is 0 Å². The summed E-state index contributed by atoms with van der Waals surface area (Å²) in [5.74, 6) is 1.24. The largest absolute Gasteiger partial charge is 0.496 e. The first kappa shape index (κ1) is 32.2. The predicted molar refractivity (Wildman–Crippen MR) is 179 cm³/mol. The van der Waals surface area contributed by atoms with E-state index in [-0.39, 0.29) is 12.2 Å². The molecule has 8 nitrogen and oxygen atoms in total. The number of nitrogens with zero attached hydrogens (tertiary/aromatic N) is 2. The predicted octanol–water partition coefficient (Wildman–Crippen LogP) is 6.33. The molecule has 0 N–H and O–H groups in total. The highest BCUT2D eigenvalue weighted by Crippen LogP contribution is 2.38. The second-order valence-electron chi connectivity index (χ2n) is 10.2. The molecule has 1 aliphatic heterocycles. The SMILES string of the molecule is CCCC1=C(C(=O)OCC)[C@H](c2cc(Br)ccc2OC)n2c(s/c(=C/c3ccc(OCc4ccccc4)c(OCC)c3)c2=O)=N1. The van der Waals surface area contributed by atoms with Gasteiger partial charge in [-0.2, -0.15) is 0 Å². The molecule has 0 saturated carbocycles. The summed E-state index contributed by atoms with van der Waals surface area (Å²) >= 11 is 4.84. The van der Waals surface area contributed by atoms with E-state index in [9.17, 15) is 9.59 Å². The maximum absolute atomic E-state index is 14.2. The molecule has 1 atom stereocenters.